The lowest BCUT2D eigenvalue weighted by Gasteiger charge is -2.22. The monoisotopic (exact) mass is 783 g/mol. The Bertz CT molecular complexity index is 2310. The molecule has 0 fully saturated rings. The van der Waals surface area contributed by atoms with Gasteiger partial charge in [-0.25, -0.2) is 0 Å². The molecule has 12 heteroatoms. The van der Waals surface area contributed by atoms with Crippen molar-refractivity contribution in [1.29, 1.82) is 0 Å². The number of methoxy groups -OCH3 is 3. The summed E-state index contributed by atoms with van der Waals surface area (Å²) in [7, 11) is 4.76. The van der Waals surface area contributed by atoms with Crippen LogP contribution < -0.4 is 34.3 Å². The summed E-state index contributed by atoms with van der Waals surface area (Å²) < 4.78 is 29.0. The van der Waals surface area contributed by atoms with Crippen LogP contribution in [0.15, 0.2) is 90.2 Å². The quantitative estimate of drug-likeness (QED) is 0.136. The van der Waals surface area contributed by atoms with E-state index in [1.807, 2.05) is 53.8 Å². The Hall–Kier alpha value is -6.43. The van der Waals surface area contributed by atoms with Crippen LogP contribution in [0.5, 0.6) is 28.7 Å². The Balaban J connectivity index is 0.892. The van der Waals surface area contributed by atoms with Crippen LogP contribution in [-0.4, -0.2) is 86.5 Å². The maximum Gasteiger partial charge on any atom is 0.260 e. The lowest BCUT2D eigenvalue weighted by molar-refractivity contribution is 0.0793. The van der Waals surface area contributed by atoms with Crippen LogP contribution in [0.4, 0.5) is 17.1 Å². The fourth-order valence-corrected chi connectivity index (χ4v) is 7.79. The number of benzene rings is 4. The van der Waals surface area contributed by atoms with Gasteiger partial charge in [0.15, 0.2) is 23.0 Å². The average molecular weight is 784 g/mol. The lowest BCUT2D eigenvalue weighted by Crippen LogP contribution is -2.34. The van der Waals surface area contributed by atoms with E-state index < -0.39 is 0 Å². The molecule has 4 heterocycles. The molecule has 4 aromatic rings. The van der Waals surface area contributed by atoms with Crippen LogP contribution in [0.1, 0.15) is 71.9 Å². The molecule has 8 rings (SSSR count). The van der Waals surface area contributed by atoms with Gasteiger partial charge in [-0.15, -0.1) is 0 Å². The molecule has 4 aliphatic heterocycles. The molecule has 2 atom stereocenters. The van der Waals surface area contributed by atoms with Crippen molar-refractivity contribution in [3.63, 3.8) is 0 Å². The van der Waals surface area contributed by atoms with Gasteiger partial charge in [-0.2, -0.15) is 0 Å². The first kappa shape index (κ1) is 38.4. The first-order valence-corrected chi connectivity index (χ1v) is 19.6. The van der Waals surface area contributed by atoms with E-state index in [1.54, 1.807) is 44.4 Å². The number of carbonyl (C=O) groups is 2. The van der Waals surface area contributed by atoms with E-state index in [0.717, 1.165) is 40.1 Å². The molecule has 4 aliphatic rings. The predicted molar refractivity (Wildman–Crippen MR) is 226 cm³/mol. The Morgan fingerprint density at radius 1 is 0.724 bits per heavy atom. The zero-order valence-electron chi connectivity index (χ0n) is 33.8. The highest BCUT2D eigenvalue weighted by molar-refractivity contribution is 6.06. The van der Waals surface area contributed by atoms with Crippen LogP contribution in [0, 0.1) is 0 Å². The van der Waals surface area contributed by atoms with Gasteiger partial charge in [-0.1, -0.05) is 24.3 Å². The summed E-state index contributed by atoms with van der Waals surface area (Å²) in [6, 6.07) is 23.0. The SMILES string of the molecule is COc1ccc(C2=CN3C(=O)c4cc(OC)c(OCCCOc5cc6c(cc5OC)C(=O)N5C=C(c7ccc(NC(C)(C)C)cc7)C[C@H]5CN6)cc4N=C[C@@H]3C2)cc1. The molecule has 58 heavy (non-hydrogen) atoms. The summed E-state index contributed by atoms with van der Waals surface area (Å²) in [6.07, 6.45) is 7.65. The molecule has 0 saturated heterocycles. The molecule has 0 aromatic heterocycles. The summed E-state index contributed by atoms with van der Waals surface area (Å²) in [4.78, 5) is 36.0. The van der Waals surface area contributed by atoms with Gasteiger partial charge in [-0.05, 0) is 85.9 Å². The minimum absolute atomic E-state index is 0.0180. The predicted octanol–water partition coefficient (Wildman–Crippen LogP) is 8.42. The van der Waals surface area contributed by atoms with Gasteiger partial charge >= 0.3 is 0 Å². The number of nitrogens with zero attached hydrogens (tertiary/aromatic N) is 3. The molecule has 0 unspecified atom stereocenters. The van der Waals surface area contributed by atoms with Gasteiger partial charge in [0.05, 0.1) is 69.1 Å². The second-order valence-corrected chi connectivity index (χ2v) is 15.8. The summed E-state index contributed by atoms with van der Waals surface area (Å²) in [6.45, 7) is 7.65. The molecule has 2 N–H and O–H groups in total. The van der Waals surface area contributed by atoms with Crippen molar-refractivity contribution >= 4 is 46.2 Å². The van der Waals surface area contributed by atoms with E-state index in [-0.39, 0.29) is 29.4 Å². The van der Waals surface area contributed by atoms with Crippen LogP contribution in [0.3, 0.4) is 0 Å². The Morgan fingerprint density at radius 3 is 1.98 bits per heavy atom. The Kier molecular flexibility index (Phi) is 10.5. The van der Waals surface area contributed by atoms with Gasteiger partial charge in [-0.3, -0.25) is 14.6 Å². The molecule has 300 valence electrons. The lowest BCUT2D eigenvalue weighted by atomic mass is 10.0. The number of fused-ring (bicyclic) bond motifs is 4. The van der Waals surface area contributed by atoms with E-state index >= 15 is 0 Å². The van der Waals surface area contributed by atoms with Crippen molar-refractivity contribution in [2.75, 3.05) is 51.7 Å². The van der Waals surface area contributed by atoms with Gasteiger partial charge in [0.2, 0.25) is 0 Å². The maximum atomic E-state index is 13.9. The van der Waals surface area contributed by atoms with Crippen LogP contribution in [0.2, 0.25) is 0 Å². The second-order valence-electron chi connectivity index (χ2n) is 15.8. The van der Waals surface area contributed by atoms with Crippen molar-refractivity contribution in [1.82, 2.24) is 9.80 Å². The number of aliphatic imine (C=N–C) groups is 1. The number of amides is 2. The molecule has 0 spiro atoms. The number of rotatable bonds is 12. The fourth-order valence-electron chi connectivity index (χ4n) is 7.79. The average Bonchev–Trinajstić information content (AvgIpc) is 3.80. The molecular weight excluding hydrogens is 735 g/mol. The minimum atomic E-state index is -0.199. The van der Waals surface area contributed by atoms with Gasteiger partial charge in [0, 0.05) is 61.4 Å². The largest absolute Gasteiger partial charge is 0.497 e. The summed E-state index contributed by atoms with van der Waals surface area (Å²) >= 11 is 0. The molecule has 0 saturated carbocycles. The first-order chi connectivity index (χ1) is 28.0. The standard InChI is InChI=1S/C46H49N5O7/c1-46(2,3)49-32-12-8-28(9-13-32)30-18-33-24-47-38-22-42(40(55-5)20-36(38)44(52)50(33)26-30)57-16-7-17-58-43-23-39-37(21-41(43)56-6)45(53)51-27-31(19-34(51)25-48-39)29-10-14-35(54-4)15-11-29/h8-15,20-23,25-27,33-34,47,49H,7,16-19,24H2,1-6H3/t33-,34-/m0/s1. The van der Waals surface area contributed by atoms with E-state index in [9.17, 15) is 9.59 Å². The molecule has 4 aromatic carbocycles. The highest BCUT2D eigenvalue weighted by Crippen LogP contribution is 2.42. The zero-order chi connectivity index (χ0) is 40.6. The second kappa shape index (κ2) is 15.8. The first-order valence-electron chi connectivity index (χ1n) is 19.6. The number of nitrogens with one attached hydrogen (secondary N) is 2. The number of hydrogen-bond acceptors (Lipinski definition) is 10. The molecule has 12 nitrogen and oxygen atoms in total. The van der Waals surface area contributed by atoms with E-state index in [0.29, 0.717) is 78.1 Å². The van der Waals surface area contributed by atoms with Gasteiger partial charge < -0.3 is 44.1 Å². The van der Waals surface area contributed by atoms with Crippen LogP contribution in [-0.2, 0) is 0 Å². The van der Waals surface area contributed by atoms with Crippen LogP contribution >= 0.6 is 0 Å². The molecule has 2 amide bonds. The van der Waals surface area contributed by atoms with Crippen molar-refractivity contribution in [3.05, 3.63) is 107 Å². The Labute approximate surface area is 339 Å². The Morgan fingerprint density at radius 2 is 1.33 bits per heavy atom. The fraction of sp³-hybridized carbons (Fsp3) is 0.326. The third-order valence-electron chi connectivity index (χ3n) is 10.7. The highest BCUT2D eigenvalue weighted by Gasteiger charge is 2.36. The van der Waals surface area contributed by atoms with Gasteiger partial charge in [0.25, 0.3) is 11.8 Å². The van der Waals surface area contributed by atoms with Crippen molar-refractivity contribution in [2.45, 2.75) is 57.7 Å². The summed E-state index contributed by atoms with van der Waals surface area (Å²) in [5, 5.41) is 6.99. The van der Waals surface area contributed by atoms with Crippen molar-refractivity contribution < 1.29 is 33.3 Å². The zero-order valence-corrected chi connectivity index (χ0v) is 33.8. The van der Waals surface area contributed by atoms with Crippen LogP contribution in [0.25, 0.3) is 11.1 Å². The number of hydrogen-bond donors (Lipinski definition) is 2. The molecule has 0 aliphatic carbocycles. The van der Waals surface area contributed by atoms with Crippen molar-refractivity contribution in [3.8, 4) is 28.7 Å². The topological polar surface area (TPSA) is 123 Å². The van der Waals surface area contributed by atoms with E-state index in [1.165, 1.54) is 0 Å². The normalized spacial score (nSPS) is 18.1. The van der Waals surface area contributed by atoms with E-state index in [2.05, 4.69) is 55.7 Å². The summed E-state index contributed by atoms with van der Waals surface area (Å²) in [5.41, 5.74) is 7.56. The smallest absolute Gasteiger partial charge is 0.260 e. The molecule has 0 bridgehead atoms. The summed E-state index contributed by atoms with van der Waals surface area (Å²) in [5.74, 6) is 2.48. The number of ether oxygens (including phenoxy) is 5. The van der Waals surface area contributed by atoms with Gasteiger partial charge in [0.1, 0.15) is 5.75 Å². The molecule has 0 radical (unpaired) electrons. The van der Waals surface area contributed by atoms with E-state index in [4.69, 9.17) is 28.7 Å². The number of anilines is 2. The maximum absolute atomic E-state index is 13.9. The minimum Gasteiger partial charge on any atom is -0.497 e. The molecular formula is C46H49N5O7. The number of carbonyl (C=O) groups excluding carboxylic acids is 2. The van der Waals surface area contributed by atoms with Crippen molar-refractivity contribution in [2.24, 2.45) is 4.99 Å². The third kappa shape index (κ3) is 7.78. The third-order valence-corrected chi connectivity index (χ3v) is 10.7. The highest BCUT2D eigenvalue weighted by atomic mass is 16.5.